The van der Waals surface area contributed by atoms with Gasteiger partial charge in [0.15, 0.2) is 0 Å². The van der Waals surface area contributed by atoms with Crippen LogP contribution >= 0.6 is 0 Å². The van der Waals surface area contributed by atoms with E-state index in [4.69, 9.17) is 9.47 Å². The van der Waals surface area contributed by atoms with Crippen LogP contribution in [0.2, 0.25) is 0 Å². The summed E-state index contributed by atoms with van der Waals surface area (Å²) in [6.45, 7) is 0.399. The zero-order valence-corrected chi connectivity index (χ0v) is 18.5. The quantitative estimate of drug-likeness (QED) is 0.345. The molecule has 0 fully saturated rings. The van der Waals surface area contributed by atoms with Gasteiger partial charge in [0.1, 0.15) is 29.1 Å². The van der Waals surface area contributed by atoms with Crippen molar-refractivity contribution in [2.45, 2.75) is 6.61 Å². The third kappa shape index (κ3) is 5.02. The van der Waals surface area contributed by atoms with Crippen LogP contribution in [0.4, 0.5) is 0 Å². The van der Waals surface area contributed by atoms with Crippen molar-refractivity contribution in [3.8, 4) is 11.5 Å². The molecule has 0 amide bonds. The van der Waals surface area contributed by atoms with Crippen molar-refractivity contribution in [3.63, 3.8) is 0 Å². The van der Waals surface area contributed by atoms with Gasteiger partial charge in [-0.25, -0.2) is 0 Å². The molecule has 5 rings (SSSR count). The molecule has 3 heterocycles. The SMILES string of the molecule is COc1cc(OCc2ccccn2)ccc1C=Cc1cc(C=Cc2ccc3n[nH]nc3c2)n[nH]1. The van der Waals surface area contributed by atoms with Gasteiger partial charge in [0.2, 0.25) is 0 Å². The standard InChI is InChI=1S/C26H22N6O2/c1-33-26-16-23(34-17-22-4-2-3-13-27-22)11-8-19(26)7-10-21-15-20(28-29-21)9-5-18-6-12-24-25(14-18)31-32-30-24/h2-16H,17H2,1H3,(H,28,29)(H,30,31,32). The summed E-state index contributed by atoms with van der Waals surface area (Å²) >= 11 is 0. The average molecular weight is 451 g/mol. The number of aromatic nitrogens is 6. The Labute approximate surface area is 196 Å². The van der Waals surface area contributed by atoms with Crippen molar-refractivity contribution in [2.75, 3.05) is 7.11 Å². The minimum atomic E-state index is 0.399. The van der Waals surface area contributed by atoms with Gasteiger partial charge in [-0.05, 0) is 66.3 Å². The maximum atomic E-state index is 5.84. The highest BCUT2D eigenvalue weighted by Crippen LogP contribution is 2.27. The molecule has 168 valence electrons. The second-order valence-electron chi connectivity index (χ2n) is 7.50. The van der Waals surface area contributed by atoms with Crippen molar-refractivity contribution < 1.29 is 9.47 Å². The molecule has 5 aromatic rings. The Balaban J connectivity index is 1.24. The number of fused-ring (bicyclic) bond motifs is 1. The lowest BCUT2D eigenvalue weighted by atomic mass is 10.1. The van der Waals surface area contributed by atoms with E-state index < -0.39 is 0 Å². The van der Waals surface area contributed by atoms with Gasteiger partial charge in [-0.2, -0.15) is 20.5 Å². The third-order valence-electron chi connectivity index (χ3n) is 5.16. The summed E-state index contributed by atoms with van der Waals surface area (Å²) in [5.41, 5.74) is 6.20. The molecule has 2 N–H and O–H groups in total. The second-order valence-corrected chi connectivity index (χ2v) is 7.50. The van der Waals surface area contributed by atoms with E-state index in [2.05, 4.69) is 30.6 Å². The number of methoxy groups -OCH3 is 1. The number of nitrogens with one attached hydrogen (secondary N) is 2. The number of aromatic amines is 2. The Morgan fingerprint density at radius 1 is 0.853 bits per heavy atom. The van der Waals surface area contributed by atoms with Crippen LogP contribution in [0.3, 0.4) is 0 Å². The van der Waals surface area contributed by atoms with Crippen molar-refractivity contribution in [1.29, 1.82) is 0 Å². The van der Waals surface area contributed by atoms with Gasteiger partial charge in [0.05, 0.1) is 24.2 Å². The van der Waals surface area contributed by atoms with Crippen LogP contribution in [0.5, 0.6) is 11.5 Å². The first-order valence-electron chi connectivity index (χ1n) is 10.7. The molecule has 34 heavy (non-hydrogen) atoms. The molecule has 8 heteroatoms. The highest BCUT2D eigenvalue weighted by molar-refractivity contribution is 5.80. The number of hydrogen-bond donors (Lipinski definition) is 2. The van der Waals surface area contributed by atoms with E-state index in [1.54, 1.807) is 13.3 Å². The van der Waals surface area contributed by atoms with E-state index in [9.17, 15) is 0 Å². The zero-order valence-electron chi connectivity index (χ0n) is 18.5. The van der Waals surface area contributed by atoms with Crippen molar-refractivity contribution in [3.05, 3.63) is 95.1 Å². The lowest BCUT2D eigenvalue weighted by Crippen LogP contribution is -1.98. The Hall–Kier alpha value is -4.72. The van der Waals surface area contributed by atoms with Gasteiger partial charge in [0.25, 0.3) is 0 Å². The fourth-order valence-electron chi connectivity index (χ4n) is 3.41. The minimum absolute atomic E-state index is 0.399. The molecule has 0 radical (unpaired) electrons. The van der Waals surface area contributed by atoms with E-state index in [0.29, 0.717) is 6.61 Å². The van der Waals surface area contributed by atoms with E-state index >= 15 is 0 Å². The summed E-state index contributed by atoms with van der Waals surface area (Å²) in [4.78, 5) is 4.27. The van der Waals surface area contributed by atoms with E-state index in [0.717, 1.165) is 50.7 Å². The summed E-state index contributed by atoms with van der Waals surface area (Å²) in [6.07, 6.45) is 9.62. The normalized spacial score (nSPS) is 11.6. The summed E-state index contributed by atoms with van der Waals surface area (Å²) in [6, 6.07) is 19.4. The van der Waals surface area contributed by atoms with Crippen molar-refractivity contribution in [2.24, 2.45) is 0 Å². The molecule has 0 saturated heterocycles. The lowest BCUT2D eigenvalue weighted by molar-refractivity contribution is 0.299. The number of pyridine rings is 1. The molecule has 2 aromatic carbocycles. The number of benzene rings is 2. The Morgan fingerprint density at radius 2 is 1.79 bits per heavy atom. The Bertz CT molecular complexity index is 1450. The molecule has 0 spiro atoms. The Morgan fingerprint density at radius 3 is 2.68 bits per heavy atom. The maximum absolute atomic E-state index is 5.84. The van der Waals surface area contributed by atoms with Gasteiger partial charge >= 0.3 is 0 Å². The number of H-pyrrole nitrogens is 2. The van der Waals surface area contributed by atoms with Gasteiger partial charge in [-0.1, -0.05) is 18.2 Å². The predicted octanol–water partition coefficient (Wildman–Crippen LogP) is 5.00. The number of ether oxygens (including phenoxy) is 2. The lowest BCUT2D eigenvalue weighted by Gasteiger charge is -2.09. The van der Waals surface area contributed by atoms with Crippen LogP contribution < -0.4 is 9.47 Å². The first kappa shape index (κ1) is 21.1. The smallest absolute Gasteiger partial charge is 0.130 e. The van der Waals surface area contributed by atoms with Gasteiger partial charge < -0.3 is 9.47 Å². The predicted molar refractivity (Wildman–Crippen MR) is 132 cm³/mol. The second kappa shape index (κ2) is 9.83. The molecule has 0 saturated carbocycles. The highest BCUT2D eigenvalue weighted by atomic mass is 16.5. The maximum Gasteiger partial charge on any atom is 0.130 e. The van der Waals surface area contributed by atoms with Crippen molar-refractivity contribution >= 4 is 35.3 Å². The molecule has 3 aromatic heterocycles. The molecule has 0 atom stereocenters. The van der Waals surface area contributed by atoms with Gasteiger partial charge in [-0.15, -0.1) is 0 Å². The van der Waals surface area contributed by atoms with Crippen LogP contribution in [0.25, 0.3) is 35.3 Å². The number of rotatable bonds is 8. The molecule has 0 aliphatic rings. The Kier molecular flexibility index (Phi) is 6.11. The van der Waals surface area contributed by atoms with Crippen LogP contribution in [0.15, 0.2) is 66.9 Å². The molecular weight excluding hydrogens is 428 g/mol. The molecule has 0 unspecified atom stereocenters. The first-order chi connectivity index (χ1) is 16.8. The average Bonchev–Trinajstić information content (AvgIpc) is 3.55. The van der Waals surface area contributed by atoms with Gasteiger partial charge in [0, 0.05) is 17.8 Å². The fourth-order valence-corrected chi connectivity index (χ4v) is 3.41. The molecule has 8 nitrogen and oxygen atoms in total. The van der Waals surface area contributed by atoms with Crippen LogP contribution in [0.1, 0.15) is 28.2 Å². The topological polar surface area (TPSA) is 102 Å². The van der Waals surface area contributed by atoms with Gasteiger partial charge in [-0.3, -0.25) is 10.1 Å². The first-order valence-corrected chi connectivity index (χ1v) is 10.7. The largest absolute Gasteiger partial charge is 0.496 e. The highest BCUT2D eigenvalue weighted by Gasteiger charge is 2.05. The minimum Gasteiger partial charge on any atom is -0.496 e. The molecule has 0 bridgehead atoms. The summed E-state index contributed by atoms with van der Waals surface area (Å²) in [5.74, 6) is 1.44. The van der Waals surface area contributed by atoms with E-state index in [1.807, 2.05) is 85.0 Å². The summed E-state index contributed by atoms with van der Waals surface area (Å²) in [7, 11) is 1.64. The van der Waals surface area contributed by atoms with Crippen LogP contribution in [-0.4, -0.2) is 37.7 Å². The van der Waals surface area contributed by atoms with Crippen LogP contribution in [0, 0.1) is 0 Å². The molecule has 0 aliphatic heterocycles. The summed E-state index contributed by atoms with van der Waals surface area (Å²) in [5, 5.41) is 18.2. The zero-order chi connectivity index (χ0) is 23.2. The van der Waals surface area contributed by atoms with E-state index in [1.165, 1.54) is 0 Å². The fraction of sp³-hybridized carbons (Fsp3) is 0.0769. The van der Waals surface area contributed by atoms with Crippen LogP contribution in [-0.2, 0) is 6.61 Å². The molecular formula is C26H22N6O2. The number of hydrogen-bond acceptors (Lipinski definition) is 6. The third-order valence-corrected chi connectivity index (χ3v) is 5.16. The molecule has 0 aliphatic carbocycles. The monoisotopic (exact) mass is 450 g/mol. The summed E-state index contributed by atoms with van der Waals surface area (Å²) < 4.78 is 11.4. The van der Waals surface area contributed by atoms with Crippen molar-refractivity contribution in [1.82, 2.24) is 30.6 Å². The number of nitrogens with zero attached hydrogens (tertiary/aromatic N) is 4. The van der Waals surface area contributed by atoms with E-state index in [-0.39, 0.29) is 0 Å².